The van der Waals surface area contributed by atoms with Crippen LogP contribution in [0.4, 0.5) is 5.82 Å². The largest absolute Gasteiger partial charge is 0.351 e. The van der Waals surface area contributed by atoms with Crippen LogP contribution in [0.15, 0.2) is 30.6 Å². The quantitative estimate of drug-likeness (QED) is 0.687. The van der Waals surface area contributed by atoms with Gasteiger partial charge in [0.15, 0.2) is 5.82 Å². The number of aromatic nitrogens is 4. The highest BCUT2D eigenvalue weighted by atomic mass is 16.2. The van der Waals surface area contributed by atoms with Gasteiger partial charge >= 0.3 is 0 Å². The van der Waals surface area contributed by atoms with Gasteiger partial charge in [0, 0.05) is 38.8 Å². The Bertz CT molecular complexity index is 1060. The highest BCUT2D eigenvalue weighted by Crippen LogP contribution is 2.25. The van der Waals surface area contributed by atoms with Crippen LogP contribution in [0.5, 0.6) is 0 Å². The van der Waals surface area contributed by atoms with Gasteiger partial charge in [0.25, 0.3) is 5.91 Å². The summed E-state index contributed by atoms with van der Waals surface area (Å²) < 4.78 is 1.81. The Labute approximate surface area is 156 Å². The summed E-state index contributed by atoms with van der Waals surface area (Å²) in [7, 11) is 1.89. The van der Waals surface area contributed by atoms with Crippen LogP contribution >= 0.6 is 0 Å². The number of carbonyl (C=O) groups excluding carboxylic acids is 1. The van der Waals surface area contributed by atoms with E-state index >= 15 is 0 Å². The molecule has 2 aromatic heterocycles. The van der Waals surface area contributed by atoms with E-state index in [4.69, 9.17) is 5.26 Å². The standard InChI is InChI=1S/C19H19N7O/c1-13-16-17(24(2)23-13)18(22-12-21-16)25-6-8-26(9-7-25)19(27)15-5-3-4-14(10-15)11-20/h3-5,10,12H,6-9H2,1-2H3. The van der Waals surface area contributed by atoms with Crippen LogP contribution in [0.2, 0.25) is 0 Å². The molecule has 4 rings (SSSR count). The van der Waals surface area contributed by atoms with Crippen LogP contribution in [0.25, 0.3) is 11.0 Å². The van der Waals surface area contributed by atoms with Gasteiger partial charge in [-0.25, -0.2) is 9.97 Å². The summed E-state index contributed by atoms with van der Waals surface area (Å²) in [5.41, 5.74) is 3.69. The SMILES string of the molecule is Cc1nn(C)c2c(N3CCN(C(=O)c4cccc(C#N)c4)CC3)ncnc12. The van der Waals surface area contributed by atoms with E-state index in [9.17, 15) is 4.79 Å². The number of nitrogens with zero attached hydrogens (tertiary/aromatic N) is 7. The van der Waals surface area contributed by atoms with Crippen LogP contribution in [0.1, 0.15) is 21.6 Å². The average molecular weight is 361 g/mol. The van der Waals surface area contributed by atoms with Gasteiger partial charge in [-0.3, -0.25) is 9.48 Å². The highest BCUT2D eigenvalue weighted by molar-refractivity contribution is 5.95. The topological polar surface area (TPSA) is 90.9 Å². The van der Waals surface area contributed by atoms with Gasteiger partial charge in [0.05, 0.1) is 17.3 Å². The fourth-order valence-corrected chi connectivity index (χ4v) is 3.51. The van der Waals surface area contributed by atoms with Crippen molar-refractivity contribution in [2.45, 2.75) is 6.92 Å². The molecule has 0 atom stereocenters. The molecule has 0 saturated carbocycles. The first-order chi connectivity index (χ1) is 13.1. The Morgan fingerprint density at radius 2 is 1.96 bits per heavy atom. The maximum Gasteiger partial charge on any atom is 0.254 e. The molecule has 1 amide bonds. The monoisotopic (exact) mass is 361 g/mol. The number of carbonyl (C=O) groups is 1. The number of hydrogen-bond acceptors (Lipinski definition) is 6. The Hall–Kier alpha value is -3.47. The number of rotatable bonds is 2. The van der Waals surface area contributed by atoms with Crippen LogP contribution < -0.4 is 4.90 Å². The molecule has 136 valence electrons. The number of benzene rings is 1. The van der Waals surface area contributed by atoms with Crippen molar-refractivity contribution in [1.29, 1.82) is 5.26 Å². The molecule has 8 heteroatoms. The minimum absolute atomic E-state index is 0.0454. The number of aryl methyl sites for hydroxylation is 2. The molecular formula is C19H19N7O. The van der Waals surface area contributed by atoms with Gasteiger partial charge in [-0.15, -0.1) is 0 Å². The lowest BCUT2D eigenvalue weighted by atomic mass is 10.1. The molecule has 1 aromatic carbocycles. The zero-order chi connectivity index (χ0) is 19.0. The van der Waals surface area contributed by atoms with E-state index in [1.807, 2.05) is 23.6 Å². The first-order valence-electron chi connectivity index (χ1n) is 8.77. The third-order valence-corrected chi connectivity index (χ3v) is 4.87. The zero-order valence-electron chi connectivity index (χ0n) is 15.3. The predicted octanol–water partition coefficient (Wildman–Crippen LogP) is 1.51. The van der Waals surface area contributed by atoms with Gasteiger partial charge in [-0.2, -0.15) is 10.4 Å². The fraction of sp³-hybridized carbons (Fsp3) is 0.316. The minimum atomic E-state index is -0.0454. The zero-order valence-corrected chi connectivity index (χ0v) is 15.3. The van der Waals surface area contributed by atoms with Gasteiger partial charge in [0.2, 0.25) is 0 Å². The normalized spacial score (nSPS) is 14.4. The minimum Gasteiger partial charge on any atom is -0.351 e. The van der Waals surface area contributed by atoms with E-state index in [1.165, 1.54) is 0 Å². The van der Waals surface area contributed by atoms with Crippen molar-refractivity contribution in [2.24, 2.45) is 7.05 Å². The lowest BCUT2D eigenvalue weighted by molar-refractivity contribution is 0.0746. The molecule has 0 bridgehead atoms. The lowest BCUT2D eigenvalue weighted by Crippen LogP contribution is -2.49. The van der Waals surface area contributed by atoms with Crippen LogP contribution in [-0.2, 0) is 7.05 Å². The summed E-state index contributed by atoms with van der Waals surface area (Å²) in [6.07, 6.45) is 1.57. The summed E-state index contributed by atoms with van der Waals surface area (Å²) in [5, 5.41) is 13.5. The van der Waals surface area contributed by atoms with Crippen molar-refractivity contribution < 1.29 is 4.79 Å². The van der Waals surface area contributed by atoms with Crippen LogP contribution in [-0.4, -0.2) is 56.7 Å². The molecule has 8 nitrogen and oxygen atoms in total. The molecule has 3 aromatic rings. The second kappa shape index (κ2) is 6.68. The van der Waals surface area contributed by atoms with Crippen molar-refractivity contribution >= 4 is 22.8 Å². The molecule has 0 N–H and O–H groups in total. The Morgan fingerprint density at radius 1 is 1.19 bits per heavy atom. The molecular weight excluding hydrogens is 342 g/mol. The summed E-state index contributed by atoms with van der Waals surface area (Å²) in [6.45, 7) is 4.49. The molecule has 0 unspecified atom stereocenters. The number of nitriles is 1. The maximum absolute atomic E-state index is 12.7. The number of anilines is 1. The lowest BCUT2D eigenvalue weighted by Gasteiger charge is -2.35. The maximum atomic E-state index is 12.7. The number of fused-ring (bicyclic) bond motifs is 1. The van der Waals surface area contributed by atoms with E-state index < -0.39 is 0 Å². The van der Waals surface area contributed by atoms with Crippen molar-refractivity contribution in [3.8, 4) is 6.07 Å². The van der Waals surface area contributed by atoms with E-state index in [0.29, 0.717) is 37.3 Å². The van der Waals surface area contributed by atoms with Crippen molar-refractivity contribution in [1.82, 2.24) is 24.6 Å². The first-order valence-corrected chi connectivity index (χ1v) is 8.77. The van der Waals surface area contributed by atoms with E-state index in [1.54, 1.807) is 30.6 Å². The fourth-order valence-electron chi connectivity index (χ4n) is 3.51. The van der Waals surface area contributed by atoms with Gasteiger partial charge in [-0.1, -0.05) is 6.07 Å². The third-order valence-electron chi connectivity index (χ3n) is 4.87. The molecule has 0 aliphatic carbocycles. The van der Waals surface area contributed by atoms with Crippen molar-refractivity contribution in [2.75, 3.05) is 31.1 Å². The molecule has 0 radical (unpaired) electrons. The van der Waals surface area contributed by atoms with E-state index in [2.05, 4.69) is 26.0 Å². The second-order valence-corrected chi connectivity index (χ2v) is 6.58. The summed E-state index contributed by atoms with van der Waals surface area (Å²) in [5.74, 6) is 0.803. The van der Waals surface area contributed by atoms with Gasteiger partial charge < -0.3 is 9.80 Å². The summed E-state index contributed by atoms with van der Waals surface area (Å²) in [6, 6.07) is 8.91. The Kier molecular flexibility index (Phi) is 4.20. The van der Waals surface area contributed by atoms with Crippen LogP contribution in [0, 0.1) is 18.3 Å². The number of piperazine rings is 1. The third kappa shape index (κ3) is 2.97. The van der Waals surface area contributed by atoms with Crippen LogP contribution in [0.3, 0.4) is 0 Å². The van der Waals surface area contributed by atoms with Crippen molar-refractivity contribution in [3.63, 3.8) is 0 Å². The smallest absolute Gasteiger partial charge is 0.254 e. The predicted molar refractivity (Wildman–Crippen MR) is 100 cm³/mol. The molecule has 1 saturated heterocycles. The van der Waals surface area contributed by atoms with E-state index in [-0.39, 0.29) is 5.91 Å². The first kappa shape index (κ1) is 17.0. The van der Waals surface area contributed by atoms with Gasteiger partial charge in [-0.05, 0) is 25.1 Å². The highest BCUT2D eigenvalue weighted by Gasteiger charge is 2.25. The summed E-state index contributed by atoms with van der Waals surface area (Å²) >= 11 is 0. The molecule has 27 heavy (non-hydrogen) atoms. The molecule has 3 heterocycles. The second-order valence-electron chi connectivity index (χ2n) is 6.58. The van der Waals surface area contributed by atoms with Gasteiger partial charge in [0.1, 0.15) is 17.4 Å². The molecule has 1 aliphatic rings. The van der Waals surface area contributed by atoms with Crippen molar-refractivity contribution in [3.05, 3.63) is 47.4 Å². The molecule has 0 spiro atoms. The number of hydrogen-bond donors (Lipinski definition) is 0. The molecule has 1 aliphatic heterocycles. The Morgan fingerprint density at radius 3 is 2.70 bits per heavy atom. The van der Waals surface area contributed by atoms with E-state index in [0.717, 1.165) is 22.5 Å². The number of amides is 1. The average Bonchev–Trinajstić information content (AvgIpc) is 3.01. The summed E-state index contributed by atoms with van der Waals surface area (Å²) in [4.78, 5) is 25.5. The molecule has 1 fully saturated rings. The Balaban J connectivity index is 1.53.